The Kier molecular flexibility index (Phi) is 2.81. The largest absolute Gasteiger partial charge is 0.340 e. The Labute approximate surface area is 101 Å². The number of imidazole rings is 1. The molecule has 2 aromatic rings. The smallest absolute Gasteiger partial charge is 0.110 e. The minimum absolute atomic E-state index is 0.574. The van der Waals surface area contributed by atoms with Crippen molar-refractivity contribution in [1.29, 1.82) is 0 Å². The zero-order valence-electron chi connectivity index (χ0n) is 9.89. The van der Waals surface area contributed by atoms with Crippen LogP contribution in [0.5, 0.6) is 0 Å². The van der Waals surface area contributed by atoms with Crippen molar-refractivity contribution in [1.82, 2.24) is 15.0 Å². The first-order valence-electron chi connectivity index (χ1n) is 6.36. The van der Waals surface area contributed by atoms with Crippen molar-refractivity contribution < 1.29 is 0 Å². The molecule has 1 aliphatic rings. The molecule has 90 valence electrons. The van der Waals surface area contributed by atoms with Crippen molar-refractivity contribution in [3.63, 3.8) is 0 Å². The molecule has 4 heteroatoms. The summed E-state index contributed by atoms with van der Waals surface area (Å²) in [5.74, 6) is 2.42. The summed E-state index contributed by atoms with van der Waals surface area (Å²) in [5.41, 5.74) is 7.79. The summed E-state index contributed by atoms with van der Waals surface area (Å²) in [6.45, 7) is 0.830. The molecule has 0 saturated heterocycles. The Morgan fingerprint density at radius 1 is 1.29 bits per heavy atom. The van der Waals surface area contributed by atoms with E-state index in [1.807, 2.05) is 12.3 Å². The Balaban J connectivity index is 1.80. The van der Waals surface area contributed by atoms with Crippen LogP contribution in [-0.2, 0) is 0 Å². The van der Waals surface area contributed by atoms with Gasteiger partial charge in [0.25, 0.3) is 0 Å². The van der Waals surface area contributed by atoms with E-state index < -0.39 is 0 Å². The number of fused-ring (bicyclic) bond motifs is 1. The van der Waals surface area contributed by atoms with Crippen molar-refractivity contribution in [2.75, 3.05) is 6.54 Å². The summed E-state index contributed by atoms with van der Waals surface area (Å²) in [6.07, 6.45) is 8.51. The minimum Gasteiger partial charge on any atom is -0.340 e. The lowest BCUT2D eigenvalue weighted by Crippen LogP contribution is -2.21. The highest BCUT2D eigenvalue weighted by Gasteiger charge is 2.23. The van der Waals surface area contributed by atoms with Crippen LogP contribution in [0.3, 0.4) is 0 Å². The number of rotatable bonds is 2. The maximum atomic E-state index is 5.72. The molecule has 17 heavy (non-hydrogen) atoms. The van der Waals surface area contributed by atoms with Gasteiger partial charge in [-0.25, -0.2) is 4.98 Å². The molecule has 1 saturated carbocycles. The Morgan fingerprint density at radius 3 is 2.82 bits per heavy atom. The molecule has 3 N–H and O–H groups in total. The molecule has 4 nitrogen and oxygen atoms in total. The first kappa shape index (κ1) is 10.7. The first-order valence-corrected chi connectivity index (χ1v) is 6.36. The number of nitrogens with two attached hydrogens (primary N) is 1. The molecule has 0 atom stereocenters. The van der Waals surface area contributed by atoms with Gasteiger partial charge in [-0.1, -0.05) is 0 Å². The van der Waals surface area contributed by atoms with E-state index in [9.17, 15) is 0 Å². The van der Waals surface area contributed by atoms with Gasteiger partial charge in [-0.2, -0.15) is 0 Å². The van der Waals surface area contributed by atoms with Crippen molar-refractivity contribution in [2.24, 2.45) is 11.7 Å². The molecular formula is C13H18N4. The molecular weight excluding hydrogens is 212 g/mol. The molecule has 0 unspecified atom stereocenters. The fourth-order valence-electron chi connectivity index (χ4n) is 2.74. The van der Waals surface area contributed by atoms with Gasteiger partial charge >= 0.3 is 0 Å². The minimum atomic E-state index is 0.574. The monoisotopic (exact) mass is 230 g/mol. The number of nitrogens with zero attached hydrogens (tertiary/aromatic N) is 2. The number of pyridine rings is 1. The van der Waals surface area contributed by atoms with E-state index in [0.717, 1.165) is 29.3 Å². The summed E-state index contributed by atoms with van der Waals surface area (Å²) in [7, 11) is 0. The zero-order chi connectivity index (χ0) is 11.7. The summed E-state index contributed by atoms with van der Waals surface area (Å²) in [5, 5.41) is 0. The molecule has 0 amide bonds. The van der Waals surface area contributed by atoms with Crippen LogP contribution in [0.2, 0.25) is 0 Å². The van der Waals surface area contributed by atoms with Crippen molar-refractivity contribution >= 4 is 11.0 Å². The van der Waals surface area contributed by atoms with E-state index in [1.165, 1.54) is 25.7 Å². The van der Waals surface area contributed by atoms with E-state index in [2.05, 4.69) is 15.0 Å². The average molecular weight is 230 g/mol. The first-order chi connectivity index (χ1) is 8.36. The maximum absolute atomic E-state index is 5.72. The molecule has 2 heterocycles. The SMILES string of the molecule is NCC1CCC(c2nc3ccncc3[nH]2)CC1. The van der Waals surface area contributed by atoms with Crippen LogP contribution in [0.15, 0.2) is 18.5 Å². The fraction of sp³-hybridized carbons (Fsp3) is 0.538. The molecule has 2 aromatic heterocycles. The van der Waals surface area contributed by atoms with E-state index >= 15 is 0 Å². The number of aromatic amines is 1. The lowest BCUT2D eigenvalue weighted by molar-refractivity contribution is 0.326. The van der Waals surface area contributed by atoms with Crippen molar-refractivity contribution in [2.45, 2.75) is 31.6 Å². The number of aromatic nitrogens is 3. The fourth-order valence-corrected chi connectivity index (χ4v) is 2.74. The van der Waals surface area contributed by atoms with E-state index in [4.69, 9.17) is 5.73 Å². The number of hydrogen-bond acceptors (Lipinski definition) is 3. The van der Waals surface area contributed by atoms with Gasteiger partial charge in [0.05, 0.1) is 17.2 Å². The lowest BCUT2D eigenvalue weighted by atomic mass is 9.82. The van der Waals surface area contributed by atoms with Crippen LogP contribution in [-0.4, -0.2) is 21.5 Å². The lowest BCUT2D eigenvalue weighted by Gasteiger charge is -2.26. The summed E-state index contributed by atoms with van der Waals surface area (Å²) in [6, 6.07) is 1.96. The summed E-state index contributed by atoms with van der Waals surface area (Å²) < 4.78 is 0. The molecule has 0 aliphatic heterocycles. The third kappa shape index (κ3) is 2.05. The Morgan fingerprint density at radius 2 is 2.12 bits per heavy atom. The molecule has 3 rings (SSSR count). The molecule has 0 spiro atoms. The van der Waals surface area contributed by atoms with Gasteiger partial charge in [0.15, 0.2) is 0 Å². The predicted octanol–water partition coefficient (Wildman–Crippen LogP) is 2.19. The molecule has 0 bridgehead atoms. The Hall–Kier alpha value is -1.42. The standard InChI is InChI=1S/C13H18N4/c14-7-9-1-3-10(4-2-9)13-16-11-5-6-15-8-12(11)17-13/h5-6,8-10H,1-4,7,14H2,(H,16,17). The normalized spacial score (nSPS) is 25.2. The zero-order valence-corrected chi connectivity index (χ0v) is 9.89. The van der Waals surface area contributed by atoms with E-state index in [-0.39, 0.29) is 0 Å². The highest BCUT2D eigenvalue weighted by molar-refractivity contribution is 5.73. The quantitative estimate of drug-likeness (QED) is 0.831. The van der Waals surface area contributed by atoms with Gasteiger partial charge in [-0.3, -0.25) is 4.98 Å². The van der Waals surface area contributed by atoms with Gasteiger partial charge < -0.3 is 10.7 Å². The molecule has 0 aromatic carbocycles. The van der Waals surface area contributed by atoms with Gasteiger partial charge in [-0.05, 0) is 44.2 Å². The Bertz CT molecular complexity index is 464. The molecule has 1 fully saturated rings. The third-order valence-corrected chi connectivity index (χ3v) is 3.87. The number of hydrogen-bond donors (Lipinski definition) is 2. The summed E-state index contributed by atoms with van der Waals surface area (Å²) in [4.78, 5) is 12.2. The second kappa shape index (κ2) is 4.45. The topological polar surface area (TPSA) is 67.6 Å². The van der Waals surface area contributed by atoms with Crippen LogP contribution >= 0.6 is 0 Å². The molecule has 1 aliphatic carbocycles. The van der Waals surface area contributed by atoms with Crippen molar-refractivity contribution in [3.8, 4) is 0 Å². The van der Waals surface area contributed by atoms with Crippen LogP contribution in [0.1, 0.15) is 37.4 Å². The van der Waals surface area contributed by atoms with Crippen LogP contribution in [0, 0.1) is 5.92 Å². The van der Waals surface area contributed by atoms with Gasteiger partial charge in [0.1, 0.15) is 5.82 Å². The predicted molar refractivity (Wildman–Crippen MR) is 67.6 cm³/mol. The third-order valence-electron chi connectivity index (χ3n) is 3.87. The average Bonchev–Trinajstić information content (AvgIpc) is 2.82. The highest BCUT2D eigenvalue weighted by Crippen LogP contribution is 2.34. The van der Waals surface area contributed by atoms with Gasteiger partial charge in [0, 0.05) is 12.1 Å². The van der Waals surface area contributed by atoms with Crippen LogP contribution in [0.4, 0.5) is 0 Å². The highest BCUT2D eigenvalue weighted by atomic mass is 14.9. The second-order valence-electron chi connectivity index (χ2n) is 4.97. The van der Waals surface area contributed by atoms with E-state index in [1.54, 1.807) is 6.20 Å². The van der Waals surface area contributed by atoms with Crippen LogP contribution in [0.25, 0.3) is 11.0 Å². The number of nitrogens with one attached hydrogen (secondary N) is 1. The maximum Gasteiger partial charge on any atom is 0.110 e. The van der Waals surface area contributed by atoms with Gasteiger partial charge in [0.2, 0.25) is 0 Å². The number of H-pyrrole nitrogens is 1. The summed E-state index contributed by atoms with van der Waals surface area (Å²) >= 11 is 0. The van der Waals surface area contributed by atoms with Crippen LogP contribution < -0.4 is 5.73 Å². The van der Waals surface area contributed by atoms with Crippen molar-refractivity contribution in [3.05, 3.63) is 24.3 Å². The molecule has 0 radical (unpaired) electrons. The van der Waals surface area contributed by atoms with E-state index in [0.29, 0.717) is 5.92 Å². The second-order valence-corrected chi connectivity index (χ2v) is 4.97. The van der Waals surface area contributed by atoms with Gasteiger partial charge in [-0.15, -0.1) is 0 Å².